The molecule has 2 aliphatic rings. The van der Waals surface area contributed by atoms with Gasteiger partial charge in [0.15, 0.2) is 0 Å². The number of ether oxygens (including phenoxy) is 2. The van der Waals surface area contributed by atoms with Crippen LogP contribution in [0.4, 0.5) is 0 Å². The maximum Gasteiger partial charge on any atom is 0.243 e. The zero-order valence-corrected chi connectivity index (χ0v) is 19.7. The van der Waals surface area contributed by atoms with Crippen LogP contribution in [0.15, 0.2) is 53.4 Å². The Balaban J connectivity index is 1.29. The number of benzene rings is 2. The van der Waals surface area contributed by atoms with Crippen molar-refractivity contribution in [3.63, 3.8) is 0 Å². The highest BCUT2D eigenvalue weighted by Crippen LogP contribution is 2.28. The molecule has 2 aromatic carbocycles. The van der Waals surface area contributed by atoms with Gasteiger partial charge in [-0.2, -0.15) is 4.31 Å². The van der Waals surface area contributed by atoms with Gasteiger partial charge in [-0.15, -0.1) is 0 Å². The van der Waals surface area contributed by atoms with Crippen LogP contribution in [-0.2, 0) is 32.6 Å². The van der Waals surface area contributed by atoms with E-state index in [0.29, 0.717) is 45.4 Å². The van der Waals surface area contributed by atoms with E-state index in [4.69, 9.17) is 9.47 Å². The molecule has 1 N–H and O–H groups in total. The van der Waals surface area contributed by atoms with Crippen LogP contribution in [0.25, 0.3) is 0 Å². The summed E-state index contributed by atoms with van der Waals surface area (Å²) in [5.41, 5.74) is 2.00. The van der Waals surface area contributed by atoms with E-state index in [1.54, 1.807) is 31.4 Å². The molecule has 0 aromatic heterocycles. The number of amides is 1. The highest BCUT2D eigenvalue weighted by molar-refractivity contribution is 7.89. The number of nitrogens with one attached hydrogen (secondary N) is 1. The minimum absolute atomic E-state index is 0.0413. The van der Waals surface area contributed by atoms with Gasteiger partial charge in [0.25, 0.3) is 0 Å². The zero-order chi connectivity index (χ0) is 23.3. The topological polar surface area (TPSA) is 88.2 Å². The molecule has 33 heavy (non-hydrogen) atoms. The lowest BCUT2D eigenvalue weighted by molar-refractivity contribution is -0.122. The standard InChI is InChI=1S/C24H31N3O5S/c1-31-22-8-2-20(3-9-22)17-26(21-6-7-21)18-24(28)25-16-19-4-10-23(11-5-19)33(29,30)27-12-14-32-15-13-27/h2-5,8-11,21H,6-7,12-18H2,1H3,(H,25,28). The average molecular weight is 474 g/mol. The number of sulfonamides is 1. The minimum Gasteiger partial charge on any atom is -0.497 e. The number of morpholine rings is 1. The van der Waals surface area contributed by atoms with Crippen molar-refractivity contribution >= 4 is 15.9 Å². The van der Waals surface area contributed by atoms with Gasteiger partial charge in [-0.05, 0) is 48.2 Å². The number of hydrogen-bond donors (Lipinski definition) is 1. The van der Waals surface area contributed by atoms with E-state index in [9.17, 15) is 13.2 Å². The van der Waals surface area contributed by atoms with Gasteiger partial charge in [0, 0.05) is 32.2 Å². The summed E-state index contributed by atoms with van der Waals surface area (Å²) in [4.78, 5) is 15.1. The molecule has 9 heteroatoms. The van der Waals surface area contributed by atoms with Gasteiger partial charge in [-0.1, -0.05) is 24.3 Å². The van der Waals surface area contributed by atoms with Crippen LogP contribution in [0.3, 0.4) is 0 Å². The SMILES string of the molecule is COc1ccc(CN(CC(=O)NCc2ccc(S(=O)(=O)N3CCOCC3)cc2)C2CC2)cc1. The lowest BCUT2D eigenvalue weighted by atomic mass is 10.2. The monoisotopic (exact) mass is 473 g/mol. The molecule has 2 fully saturated rings. The number of nitrogens with zero attached hydrogens (tertiary/aromatic N) is 2. The molecule has 0 bridgehead atoms. The second-order valence-electron chi connectivity index (χ2n) is 8.42. The molecule has 0 spiro atoms. The number of carbonyl (C=O) groups is 1. The van der Waals surface area contributed by atoms with Crippen molar-refractivity contribution in [2.24, 2.45) is 0 Å². The van der Waals surface area contributed by atoms with Crippen molar-refractivity contribution in [1.82, 2.24) is 14.5 Å². The molecule has 8 nitrogen and oxygen atoms in total. The van der Waals surface area contributed by atoms with E-state index in [1.807, 2.05) is 24.3 Å². The summed E-state index contributed by atoms with van der Waals surface area (Å²) in [5, 5.41) is 2.96. The second kappa shape index (κ2) is 10.6. The fourth-order valence-corrected chi connectivity index (χ4v) is 5.28. The molecule has 178 valence electrons. The molecule has 0 unspecified atom stereocenters. The molecule has 1 heterocycles. The summed E-state index contributed by atoms with van der Waals surface area (Å²) in [7, 11) is -1.87. The van der Waals surface area contributed by atoms with Crippen LogP contribution in [0.1, 0.15) is 24.0 Å². The van der Waals surface area contributed by atoms with Gasteiger partial charge in [0.05, 0.1) is 31.8 Å². The molecule has 1 saturated carbocycles. The summed E-state index contributed by atoms with van der Waals surface area (Å²) in [6, 6.07) is 15.1. The second-order valence-corrected chi connectivity index (χ2v) is 10.4. The normalized spacial score (nSPS) is 17.2. The fourth-order valence-electron chi connectivity index (χ4n) is 3.88. The van der Waals surface area contributed by atoms with Crippen LogP contribution in [0.2, 0.25) is 0 Å². The molecule has 1 aliphatic heterocycles. The Labute approximate surface area is 195 Å². The van der Waals surface area contributed by atoms with E-state index in [0.717, 1.165) is 36.3 Å². The largest absolute Gasteiger partial charge is 0.497 e. The summed E-state index contributed by atoms with van der Waals surface area (Å²) >= 11 is 0. The maximum atomic E-state index is 12.7. The Morgan fingerprint density at radius 3 is 2.30 bits per heavy atom. The first-order valence-corrected chi connectivity index (χ1v) is 12.7. The van der Waals surface area contributed by atoms with Gasteiger partial charge in [-0.25, -0.2) is 8.42 Å². The minimum atomic E-state index is -3.51. The number of carbonyl (C=O) groups excluding carboxylic acids is 1. The predicted molar refractivity (Wildman–Crippen MR) is 124 cm³/mol. The Bertz CT molecular complexity index is 1030. The summed E-state index contributed by atoms with van der Waals surface area (Å²) < 4.78 is 37.4. The first-order chi connectivity index (χ1) is 16.0. The van der Waals surface area contributed by atoms with Crippen molar-refractivity contribution in [2.45, 2.75) is 36.9 Å². The molecule has 1 aliphatic carbocycles. The summed E-state index contributed by atoms with van der Waals surface area (Å²) in [6.45, 7) is 2.98. The van der Waals surface area contributed by atoms with Gasteiger partial charge in [0.2, 0.25) is 15.9 Å². The Kier molecular flexibility index (Phi) is 7.64. The quantitative estimate of drug-likeness (QED) is 0.568. The number of rotatable bonds is 10. The maximum absolute atomic E-state index is 12.7. The molecule has 0 radical (unpaired) electrons. The van der Waals surface area contributed by atoms with Crippen LogP contribution in [0, 0.1) is 0 Å². The third-order valence-corrected chi connectivity index (χ3v) is 7.89. The Morgan fingerprint density at radius 1 is 1.06 bits per heavy atom. The predicted octanol–water partition coefficient (Wildman–Crippen LogP) is 2.00. The van der Waals surface area contributed by atoms with Crippen molar-refractivity contribution in [3.8, 4) is 5.75 Å². The van der Waals surface area contributed by atoms with Gasteiger partial charge >= 0.3 is 0 Å². The smallest absolute Gasteiger partial charge is 0.243 e. The highest BCUT2D eigenvalue weighted by atomic mass is 32.2. The molecular weight excluding hydrogens is 442 g/mol. The Hall–Kier alpha value is -2.46. The zero-order valence-electron chi connectivity index (χ0n) is 18.9. The lowest BCUT2D eigenvalue weighted by Gasteiger charge is -2.26. The average Bonchev–Trinajstić information content (AvgIpc) is 3.69. The number of methoxy groups -OCH3 is 1. The number of hydrogen-bond acceptors (Lipinski definition) is 6. The molecular formula is C24H31N3O5S. The third kappa shape index (κ3) is 6.32. The van der Waals surface area contributed by atoms with Gasteiger partial charge < -0.3 is 14.8 Å². The van der Waals surface area contributed by atoms with Gasteiger partial charge in [-0.3, -0.25) is 9.69 Å². The van der Waals surface area contributed by atoms with Crippen molar-refractivity contribution in [2.75, 3.05) is 40.0 Å². The summed E-state index contributed by atoms with van der Waals surface area (Å²) in [5.74, 6) is 0.777. The molecule has 0 atom stereocenters. The van der Waals surface area contributed by atoms with Crippen molar-refractivity contribution < 1.29 is 22.7 Å². The molecule has 2 aromatic rings. The summed E-state index contributed by atoms with van der Waals surface area (Å²) in [6.07, 6.45) is 2.23. The first-order valence-electron chi connectivity index (χ1n) is 11.3. The van der Waals surface area contributed by atoms with E-state index in [1.165, 1.54) is 4.31 Å². The van der Waals surface area contributed by atoms with Gasteiger partial charge in [0.1, 0.15) is 5.75 Å². The van der Waals surface area contributed by atoms with Crippen LogP contribution in [-0.4, -0.2) is 69.5 Å². The van der Waals surface area contributed by atoms with E-state index in [-0.39, 0.29) is 10.8 Å². The van der Waals surface area contributed by atoms with Crippen molar-refractivity contribution in [3.05, 3.63) is 59.7 Å². The molecule has 1 saturated heterocycles. The lowest BCUT2D eigenvalue weighted by Crippen LogP contribution is -2.40. The van der Waals surface area contributed by atoms with E-state index < -0.39 is 10.0 Å². The van der Waals surface area contributed by atoms with E-state index in [2.05, 4.69) is 10.2 Å². The molecule has 1 amide bonds. The van der Waals surface area contributed by atoms with Crippen LogP contribution < -0.4 is 10.1 Å². The third-order valence-electron chi connectivity index (χ3n) is 5.98. The first kappa shape index (κ1) is 23.7. The fraction of sp³-hybridized carbons (Fsp3) is 0.458. The van der Waals surface area contributed by atoms with Crippen molar-refractivity contribution in [1.29, 1.82) is 0 Å². The molecule has 4 rings (SSSR count). The Morgan fingerprint density at radius 2 is 1.70 bits per heavy atom. The van der Waals surface area contributed by atoms with Crippen LogP contribution >= 0.6 is 0 Å². The highest BCUT2D eigenvalue weighted by Gasteiger charge is 2.30. The van der Waals surface area contributed by atoms with Crippen LogP contribution in [0.5, 0.6) is 5.75 Å². The van der Waals surface area contributed by atoms with E-state index >= 15 is 0 Å².